The number of rotatable bonds is 5. The highest BCUT2D eigenvalue weighted by atomic mass is 32.2. The Morgan fingerprint density at radius 1 is 0.903 bits per heavy atom. The molecule has 0 aromatic heterocycles. The molecule has 0 bridgehead atoms. The maximum atomic E-state index is 13.1. The van der Waals surface area contributed by atoms with E-state index in [9.17, 15) is 13.2 Å². The van der Waals surface area contributed by atoms with Gasteiger partial charge in [0.25, 0.3) is 5.91 Å². The Labute approximate surface area is 183 Å². The van der Waals surface area contributed by atoms with Gasteiger partial charge in [0.1, 0.15) is 0 Å². The van der Waals surface area contributed by atoms with Gasteiger partial charge >= 0.3 is 0 Å². The topological polar surface area (TPSA) is 66.5 Å². The van der Waals surface area contributed by atoms with Crippen LogP contribution in [0.25, 0.3) is 0 Å². The summed E-state index contributed by atoms with van der Waals surface area (Å²) in [7, 11) is -3.27. The highest BCUT2D eigenvalue weighted by molar-refractivity contribution is 7.92. The number of sulfonamides is 1. The lowest BCUT2D eigenvalue weighted by molar-refractivity contribution is 0.0943. The second-order valence-corrected chi connectivity index (χ2v) is 9.89. The summed E-state index contributed by atoms with van der Waals surface area (Å²) >= 11 is 0. The van der Waals surface area contributed by atoms with Crippen LogP contribution in [0, 0.1) is 6.92 Å². The molecular weight excluding hydrogens is 408 g/mol. The third-order valence-corrected chi connectivity index (χ3v) is 7.42. The van der Waals surface area contributed by atoms with Crippen LogP contribution in [0.3, 0.4) is 0 Å². The minimum Gasteiger partial charge on any atom is -0.341 e. The van der Waals surface area contributed by atoms with E-state index >= 15 is 0 Å². The number of amides is 1. The van der Waals surface area contributed by atoms with E-state index in [2.05, 4.69) is 11.4 Å². The van der Waals surface area contributed by atoms with Gasteiger partial charge < -0.3 is 5.32 Å². The first-order valence-electron chi connectivity index (χ1n) is 10.5. The van der Waals surface area contributed by atoms with Gasteiger partial charge in [-0.2, -0.15) is 0 Å². The molecule has 5 nitrogen and oxygen atoms in total. The Morgan fingerprint density at radius 3 is 2.29 bits per heavy atom. The molecule has 0 unspecified atom stereocenters. The van der Waals surface area contributed by atoms with E-state index in [1.54, 1.807) is 24.3 Å². The molecular formula is C25H26N2O3S. The van der Waals surface area contributed by atoms with Gasteiger partial charge in [-0.1, -0.05) is 60.2 Å². The highest BCUT2D eigenvalue weighted by Gasteiger charge is 2.26. The van der Waals surface area contributed by atoms with Crippen LogP contribution >= 0.6 is 0 Å². The zero-order chi connectivity index (χ0) is 21.8. The van der Waals surface area contributed by atoms with Crippen molar-refractivity contribution in [3.63, 3.8) is 0 Å². The van der Waals surface area contributed by atoms with Crippen molar-refractivity contribution in [2.24, 2.45) is 0 Å². The van der Waals surface area contributed by atoms with Crippen LogP contribution in [0.15, 0.2) is 78.9 Å². The van der Waals surface area contributed by atoms with Crippen LogP contribution in [0.2, 0.25) is 0 Å². The second kappa shape index (κ2) is 8.94. The second-order valence-electron chi connectivity index (χ2n) is 7.87. The average Bonchev–Trinajstić information content (AvgIpc) is 2.78. The molecule has 1 heterocycles. The van der Waals surface area contributed by atoms with Crippen molar-refractivity contribution in [2.75, 3.05) is 16.6 Å². The van der Waals surface area contributed by atoms with E-state index in [0.717, 1.165) is 23.1 Å². The molecule has 1 aliphatic rings. The smallest absolute Gasteiger partial charge is 0.252 e. The summed E-state index contributed by atoms with van der Waals surface area (Å²) in [6, 6.07) is 24.5. The predicted molar refractivity (Wildman–Crippen MR) is 124 cm³/mol. The minimum absolute atomic E-state index is 0.171. The monoisotopic (exact) mass is 434 g/mol. The van der Waals surface area contributed by atoms with Crippen LogP contribution in [0.4, 0.5) is 5.69 Å². The number of hydrogen-bond acceptors (Lipinski definition) is 3. The summed E-state index contributed by atoms with van der Waals surface area (Å²) in [4.78, 5) is 13.1. The molecule has 0 aliphatic carbocycles. The van der Waals surface area contributed by atoms with Crippen molar-refractivity contribution < 1.29 is 13.2 Å². The molecule has 1 N–H and O–H groups in total. The normalized spacial score (nSPS) is 16.5. The Hall–Kier alpha value is -3.12. The average molecular weight is 435 g/mol. The van der Waals surface area contributed by atoms with Crippen molar-refractivity contribution in [1.82, 2.24) is 5.32 Å². The van der Waals surface area contributed by atoms with Crippen molar-refractivity contribution in [2.45, 2.75) is 25.8 Å². The first-order valence-corrected chi connectivity index (χ1v) is 12.1. The quantitative estimate of drug-likeness (QED) is 0.645. The Bertz CT molecular complexity index is 1160. The van der Waals surface area contributed by atoms with Crippen LogP contribution in [-0.4, -0.2) is 26.6 Å². The van der Waals surface area contributed by atoms with Crippen molar-refractivity contribution in [3.05, 3.63) is 101 Å². The van der Waals surface area contributed by atoms with E-state index in [0.29, 0.717) is 24.2 Å². The summed E-state index contributed by atoms with van der Waals surface area (Å²) in [5.41, 5.74) is 4.23. The van der Waals surface area contributed by atoms with Crippen LogP contribution < -0.4 is 9.62 Å². The number of nitrogens with one attached hydrogen (secondary N) is 1. The van der Waals surface area contributed by atoms with Crippen LogP contribution in [0.5, 0.6) is 0 Å². The highest BCUT2D eigenvalue weighted by Crippen LogP contribution is 2.26. The summed E-state index contributed by atoms with van der Waals surface area (Å²) in [5.74, 6) is -0.0341. The SMILES string of the molecule is Cc1cccc([C@@H](NC(=O)c2ccc(N3CCCCS3(=O)=O)cc2)c2ccccc2)c1. The number of carbonyl (C=O) groups excluding carboxylic acids is 1. The molecule has 1 saturated heterocycles. The molecule has 3 aromatic rings. The lowest BCUT2D eigenvalue weighted by Gasteiger charge is -2.28. The molecule has 1 aliphatic heterocycles. The van der Waals surface area contributed by atoms with E-state index in [-0.39, 0.29) is 17.7 Å². The number of nitrogens with zero attached hydrogens (tertiary/aromatic N) is 1. The van der Waals surface area contributed by atoms with Gasteiger partial charge in [-0.25, -0.2) is 8.42 Å². The molecule has 1 atom stereocenters. The Balaban J connectivity index is 1.58. The number of hydrogen-bond donors (Lipinski definition) is 1. The van der Waals surface area contributed by atoms with Crippen molar-refractivity contribution in [3.8, 4) is 0 Å². The predicted octanol–water partition coefficient (Wildman–Crippen LogP) is 4.44. The van der Waals surface area contributed by atoms with Gasteiger partial charge in [0.05, 0.1) is 17.5 Å². The molecule has 160 valence electrons. The Morgan fingerprint density at radius 2 is 1.61 bits per heavy atom. The molecule has 3 aromatic carbocycles. The largest absolute Gasteiger partial charge is 0.341 e. The number of aryl methyl sites for hydroxylation is 1. The summed E-state index contributed by atoms with van der Waals surface area (Å²) in [6.07, 6.45) is 1.54. The molecule has 4 rings (SSSR count). The number of benzene rings is 3. The molecule has 0 spiro atoms. The van der Waals surface area contributed by atoms with E-state index < -0.39 is 10.0 Å². The maximum Gasteiger partial charge on any atom is 0.252 e. The van der Waals surface area contributed by atoms with Gasteiger partial charge in [-0.05, 0) is 55.2 Å². The molecule has 0 radical (unpaired) electrons. The van der Waals surface area contributed by atoms with Crippen molar-refractivity contribution >= 4 is 21.6 Å². The molecule has 0 saturated carbocycles. The first-order chi connectivity index (χ1) is 14.9. The first kappa shape index (κ1) is 21.1. The van der Waals surface area contributed by atoms with E-state index in [4.69, 9.17) is 0 Å². The van der Waals surface area contributed by atoms with E-state index in [1.165, 1.54) is 4.31 Å². The standard InChI is InChI=1S/C25H26N2O3S/c1-19-8-7-11-22(18-19)24(20-9-3-2-4-10-20)26-25(28)21-12-14-23(15-13-21)27-16-5-6-17-31(27,29)30/h2-4,7-15,18,24H,5-6,16-17H2,1H3,(H,26,28)/t24-/m0/s1. The van der Waals surface area contributed by atoms with Crippen LogP contribution in [0.1, 0.15) is 45.9 Å². The van der Waals surface area contributed by atoms with Crippen LogP contribution in [-0.2, 0) is 10.0 Å². The summed E-state index contributed by atoms with van der Waals surface area (Å²) < 4.78 is 26.1. The van der Waals surface area contributed by atoms with Gasteiger partial charge in [0.15, 0.2) is 0 Å². The molecule has 6 heteroatoms. The fourth-order valence-corrected chi connectivity index (χ4v) is 5.57. The van der Waals surface area contributed by atoms with Gasteiger partial charge in [-0.3, -0.25) is 9.10 Å². The fourth-order valence-electron chi connectivity index (χ4n) is 3.93. The third-order valence-electron chi connectivity index (χ3n) is 5.55. The van der Waals surface area contributed by atoms with Gasteiger partial charge in [0.2, 0.25) is 10.0 Å². The zero-order valence-corrected chi connectivity index (χ0v) is 18.3. The molecule has 1 amide bonds. The zero-order valence-electron chi connectivity index (χ0n) is 17.5. The summed E-state index contributed by atoms with van der Waals surface area (Å²) in [5, 5.41) is 3.14. The third kappa shape index (κ3) is 4.80. The molecule has 31 heavy (non-hydrogen) atoms. The van der Waals surface area contributed by atoms with Gasteiger partial charge in [0, 0.05) is 12.1 Å². The summed E-state index contributed by atoms with van der Waals surface area (Å²) in [6.45, 7) is 2.51. The van der Waals surface area contributed by atoms with Gasteiger partial charge in [-0.15, -0.1) is 0 Å². The fraction of sp³-hybridized carbons (Fsp3) is 0.240. The number of carbonyl (C=O) groups is 1. The molecule has 1 fully saturated rings. The Kier molecular flexibility index (Phi) is 6.09. The minimum atomic E-state index is -3.27. The number of anilines is 1. The van der Waals surface area contributed by atoms with E-state index in [1.807, 2.05) is 55.5 Å². The lowest BCUT2D eigenvalue weighted by Crippen LogP contribution is -2.37. The van der Waals surface area contributed by atoms with Crippen molar-refractivity contribution in [1.29, 1.82) is 0 Å². The maximum absolute atomic E-state index is 13.1. The lowest BCUT2D eigenvalue weighted by atomic mass is 9.97.